The third kappa shape index (κ3) is 2.60. The molecular weight excluding hydrogens is 281 g/mol. The maximum absolute atomic E-state index is 11.8. The lowest BCUT2D eigenvalue weighted by Crippen LogP contribution is -2.44. The number of hydrogen-bond acceptors (Lipinski definition) is 3. The summed E-state index contributed by atoms with van der Waals surface area (Å²) >= 11 is 12.0. The summed E-state index contributed by atoms with van der Waals surface area (Å²) in [4.78, 5) is 0. The second kappa shape index (κ2) is 4.76. The van der Waals surface area contributed by atoms with Gasteiger partial charge in [0, 0.05) is 12.6 Å². The largest absolute Gasteiger partial charge is 0.308 e. The molecule has 0 amide bonds. The molecule has 1 aliphatic rings. The molecule has 2 atom stereocenters. The van der Waals surface area contributed by atoms with Crippen LogP contribution in [0.4, 0.5) is 0 Å². The van der Waals surface area contributed by atoms with E-state index in [2.05, 4.69) is 5.32 Å². The summed E-state index contributed by atoms with van der Waals surface area (Å²) in [6.07, 6.45) is 0. The standard InChI is InChI=1S/C11H13Cl2NO2S/c1-7-5-14-10(6-17(7,15)16)8-3-2-4-9(12)11(8)13/h2-4,7,10,14H,5-6H2,1H3. The molecule has 0 aromatic heterocycles. The van der Waals surface area contributed by atoms with Crippen LogP contribution in [-0.2, 0) is 9.84 Å². The maximum atomic E-state index is 11.8. The monoisotopic (exact) mass is 293 g/mol. The number of halogens is 2. The van der Waals surface area contributed by atoms with E-state index in [0.29, 0.717) is 16.6 Å². The zero-order chi connectivity index (χ0) is 12.6. The van der Waals surface area contributed by atoms with Crippen LogP contribution in [0.1, 0.15) is 18.5 Å². The molecule has 0 spiro atoms. The number of hydrogen-bond donors (Lipinski definition) is 1. The molecule has 0 bridgehead atoms. The zero-order valence-electron chi connectivity index (χ0n) is 9.28. The van der Waals surface area contributed by atoms with E-state index in [1.165, 1.54) is 0 Å². The molecule has 3 nitrogen and oxygen atoms in total. The lowest BCUT2D eigenvalue weighted by atomic mass is 10.1. The van der Waals surface area contributed by atoms with Crippen LogP contribution in [0.2, 0.25) is 10.0 Å². The van der Waals surface area contributed by atoms with Crippen LogP contribution < -0.4 is 5.32 Å². The Bertz CT molecular complexity index is 530. The first-order chi connectivity index (χ1) is 7.92. The summed E-state index contributed by atoms with van der Waals surface area (Å²) < 4.78 is 23.7. The molecule has 0 aliphatic carbocycles. The highest BCUT2D eigenvalue weighted by atomic mass is 35.5. The van der Waals surface area contributed by atoms with Crippen molar-refractivity contribution >= 4 is 33.0 Å². The van der Waals surface area contributed by atoms with Gasteiger partial charge in [0.25, 0.3) is 0 Å². The van der Waals surface area contributed by atoms with Crippen LogP contribution in [0.3, 0.4) is 0 Å². The predicted octanol–water partition coefficient (Wildman–Crippen LogP) is 2.44. The smallest absolute Gasteiger partial charge is 0.156 e. The van der Waals surface area contributed by atoms with Crippen LogP contribution >= 0.6 is 23.2 Å². The third-order valence-corrected chi connectivity index (χ3v) is 6.04. The second-order valence-electron chi connectivity index (χ2n) is 4.24. The van der Waals surface area contributed by atoms with Crippen LogP contribution in [0.5, 0.6) is 0 Å². The van der Waals surface area contributed by atoms with Gasteiger partial charge in [-0.2, -0.15) is 0 Å². The van der Waals surface area contributed by atoms with E-state index in [-0.39, 0.29) is 17.0 Å². The van der Waals surface area contributed by atoms with E-state index in [1.54, 1.807) is 25.1 Å². The normalized spacial score (nSPS) is 27.9. The number of rotatable bonds is 1. The summed E-state index contributed by atoms with van der Waals surface area (Å²) in [6, 6.07) is 4.99. The Hall–Kier alpha value is -0.290. The summed E-state index contributed by atoms with van der Waals surface area (Å²) in [5.41, 5.74) is 0.745. The van der Waals surface area contributed by atoms with E-state index < -0.39 is 9.84 Å². The topological polar surface area (TPSA) is 46.2 Å². The highest BCUT2D eigenvalue weighted by Crippen LogP contribution is 2.32. The lowest BCUT2D eigenvalue weighted by Gasteiger charge is -2.28. The Morgan fingerprint density at radius 3 is 2.71 bits per heavy atom. The fourth-order valence-electron chi connectivity index (χ4n) is 1.88. The molecule has 6 heteroatoms. The van der Waals surface area contributed by atoms with Gasteiger partial charge in [-0.05, 0) is 18.6 Å². The first-order valence-corrected chi connectivity index (χ1v) is 7.78. The zero-order valence-corrected chi connectivity index (χ0v) is 11.6. The molecule has 94 valence electrons. The van der Waals surface area contributed by atoms with Crippen LogP contribution in [-0.4, -0.2) is 26.0 Å². The molecule has 1 aromatic rings. The highest BCUT2D eigenvalue weighted by molar-refractivity contribution is 7.92. The highest BCUT2D eigenvalue weighted by Gasteiger charge is 2.32. The Kier molecular flexibility index (Phi) is 3.69. The van der Waals surface area contributed by atoms with Crippen molar-refractivity contribution in [3.63, 3.8) is 0 Å². The van der Waals surface area contributed by atoms with Gasteiger partial charge in [-0.3, -0.25) is 0 Å². The van der Waals surface area contributed by atoms with Gasteiger partial charge in [-0.15, -0.1) is 0 Å². The fourth-order valence-corrected chi connectivity index (χ4v) is 3.76. The summed E-state index contributed by atoms with van der Waals surface area (Å²) in [5, 5.41) is 3.71. The second-order valence-corrected chi connectivity index (χ2v) is 7.49. The molecule has 1 aromatic carbocycles. The van der Waals surface area contributed by atoms with Crippen molar-refractivity contribution in [2.24, 2.45) is 0 Å². The van der Waals surface area contributed by atoms with Gasteiger partial charge in [0.15, 0.2) is 9.84 Å². The van der Waals surface area contributed by atoms with Crippen molar-refractivity contribution < 1.29 is 8.42 Å². The molecule has 17 heavy (non-hydrogen) atoms. The summed E-state index contributed by atoms with van der Waals surface area (Å²) in [6.45, 7) is 2.15. The first kappa shape index (κ1) is 13.1. The van der Waals surface area contributed by atoms with Crippen LogP contribution in [0.15, 0.2) is 18.2 Å². The minimum absolute atomic E-state index is 0.0637. The predicted molar refractivity (Wildman–Crippen MR) is 70.5 cm³/mol. The van der Waals surface area contributed by atoms with E-state index in [0.717, 1.165) is 5.56 Å². The van der Waals surface area contributed by atoms with Gasteiger partial charge in [0.2, 0.25) is 0 Å². The van der Waals surface area contributed by atoms with Crippen molar-refractivity contribution in [2.75, 3.05) is 12.3 Å². The number of benzene rings is 1. The maximum Gasteiger partial charge on any atom is 0.156 e. The van der Waals surface area contributed by atoms with Crippen molar-refractivity contribution in [2.45, 2.75) is 18.2 Å². The molecule has 1 heterocycles. The van der Waals surface area contributed by atoms with Gasteiger partial charge < -0.3 is 5.32 Å². The van der Waals surface area contributed by atoms with Crippen molar-refractivity contribution in [1.29, 1.82) is 0 Å². The molecule has 1 fully saturated rings. The molecule has 1 saturated heterocycles. The summed E-state index contributed by atoms with van der Waals surface area (Å²) in [7, 11) is -3.05. The van der Waals surface area contributed by atoms with E-state index >= 15 is 0 Å². The molecule has 0 saturated carbocycles. The molecule has 1 aliphatic heterocycles. The SMILES string of the molecule is CC1CNC(c2cccc(Cl)c2Cl)CS1(=O)=O. The molecule has 0 radical (unpaired) electrons. The molecule has 2 rings (SSSR count). The van der Waals surface area contributed by atoms with E-state index in [9.17, 15) is 8.42 Å². The lowest BCUT2D eigenvalue weighted by molar-refractivity contribution is 0.502. The van der Waals surface area contributed by atoms with Gasteiger partial charge in [-0.1, -0.05) is 35.3 Å². The third-order valence-electron chi connectivity index (χ3n) is 3.02. The van der Waals surface area contributed by atoms with Gasteiger partial charge >= 0.3 is 0 Å². The van der Waals surface area contributed by atoms with Crippen LogP contribution in [0, 0.1) is 0 Å². The van der Waals surface area contributed by atoms with Crippen LogP contribution in [0.25, 0.3) is 0 Å². The van der Waals surface area contributed by atoms with Crippen molar-refractivity contribution in [3.05, 3.63) is 33.8 Å². The molecule has 2 unspecified atom stereocenters. The Labute approximate surface area is 111 Å². The first-order valence-electron chi connectivity index (χ1n) is 5.30. The number of nitrogens with one attached hydrogen (secondary N) is 1. The fraction of sp³-hybridized carbons (Fsp3) is 0.455. The van der Waals surface area contributed by atoms with Gasteiger partial charge in [-0.25, -0.2) is 8.42 Å². The number of sulfone groups is 1. The minimum atomic E-state index is -3.05. The van der Waals surface area contributed by atoms with E-state index in [1.807, 2.05) is 0 Å². The van der Waals surface area contributed by atoms with Gasteiger partial charge in [0.05, 0.1) is 21.0 Å². The average molecular weight is 294 g/mol. The van der Waals surface area contributed by atoms with Crippen molar-refractivity contribution in [3.8, 4) is 0 Å². The quantitative estimate of drug-likeness (QED) is 0.865. The van der Waals surface area contributed by atoms with Crippen molar-refractivity contribution in [1.82, 2.24) is 5.32 Å². The molecule has 1 N–H and O–H groups in total. The average Bonchev–Trinajstić information content (AvgIpc) is 2.26. The Balaban J connectivity index is 2.33. The molecular formula is C11H13Cl2NO2S. The Morgan fingerprint density at radius 1 is 1.35 bits per heavy atom. The Morgan fingerprint density at radius 2 is 2.06 bits per heavy atom. The summed E-state index contributed by atoms with van der Waals surface area (Å²) in [5.74, 6) is 0.0637. The minimum Gasteiger partial charge on any atom is -0.308 e. The van der Waals surface area contributed by atoms with Gasteiger partial charge in [0.1, 0.15) is 0 Å². The van der Waals surface area contributed by atoms with E-state index in [4.69, 9.17) is 23.2 Å².